The van der Waals surface area contributed by atoms with Gasteiger partial charge in [-0.25, -0.2) is 8.78 Å². The van der Waals surface area contributed by atoms with Crippen LogP contribution in [0.15, 0.2) is 109 Å². The van der Waals surface area contributed by atoms with Crippen molar-refractivity contribution in [1.29, 1.82) is 0 Å². The molecule has 6 heteroatoms. The first kappa shape index (κ1) is 25.7. The van der Waals surface area contributed by atoms with Crippen molar-refractivity contribution in [1.82, 2.24) is 9.78 Å². The summed E-state index contributed by atoms with van der Waals surface area (Å²) in [7, 11) is 1.57. The summed E-state index contributed by atoms with van der Waals surface area (Å²) in [5.41, 5.74) is 5.48. The van der Waals surface area contributed by atoms with E-state index in [2.05, 4.69) is 77.1 Å². The Balaban J connectivity index is 1.57. The fourth-order valence-electron chi connectivity index (χ4n) is 6.32. The largest absolute Gasteiger partial charge is 0.322 e. The first-order chi connectivity index (χ1) is 19.4. The molecule has 0 radical (unpaired) electrons. The molecule has 1 N–H and O–H groups in total. The Morgan fingerprint density at radius 3 is 2.02 bits per heavy atom. The van der Waals surface area contributed by atoms with Gasteiger partial charge in [-0.05, 0) is 47.2 Å². The molecule has 1 unspecified atom stereocenters. The molecule has 0 aliphatic heterocycles. The highest BCUT2D eigenvalue weighted by atomic mass is 19.3. The number of carbonyl (C=O) groups is 1. The van der Waals surface area contributed by atoms with Crippen molar-refractivity contribution in [2.45, 2.75) is 31.1 Å². The van der Waals surface area contributed by atoms with Gasteiger partial charge in [-0.2, -0.15) is 5.10 Å². The Bertz CT molecular complexity index is 1620. The molecule has 1 heterocycles. The van der Waals surface area contributed by atoms with Crippen molar-refractivity contribution < 1.29 is 13.6 Å². The van der Waals surface area contributed by atoms with Crippen LogP contribution in [0.2, 0.25) is 0 Å². The van der Waals surface area contributed by atoms with Gasteiger partial charge in [-0.15, -0.1) is 0 Å². The van der Waals surface area contributed by atoms with Crippen LogP contribution in [0.5, 0.6) is 0 Å². The highest BCUT2D eigenvalue weighted by Crippen LogP contribution is 2.57. The number of aromatic nitrogens is 2. The lowest BCUT2D eigenvalue weighted by atomic mass is 9.69. The van der Waals surface area contributed by atoms with Crippen LogP contribution in [0, 0.1) is 6.92 Å². The predicted molar refractivity (Wildman–Crippen MR) is 153 cm³/mol. The highest BCUT2D eigenvalue weighted by molar-refractivity contribution is 6.06. The summed E-state index contributed by atoms with van der Waals surface area (Å²) in [5.74, 6) is -0.629. The Morgan fingerprint density at radius 1 is 0.875 bits per heavy atom. The molecule has 0 fully saturated rings. The second-order valence-corrected chi connectivity index (χ2v) is 10.3. The number of hydrogen-bond donors (Lipinski definition) is 1. The molecule has 1 aliphatic carbocycles. The van der Waals surface area contributed by atoms with Gasteiger partial charge in [0.25, 0.3) is 12.3 Å². The van der Waals surface area contributed by atoms with Gasteiger partial charge in [0.1, 0.15) is 5.69 Å². The number of aryl methyl sites for hydroxylation is 1. The van der Waals surface area contributed by atoms with Crippen molar-refractivity contribution in [3.63, 3.8) is 0 Å². The molecule has 0 saturated heterocycles. The lowest BCUT2D eigenvalue weighted by Gasteiger charge is -2.33. The minimum absolute atomic E-state index is 0.0438. The van der Waals surface area contributed by atoms with Gasteiger partial charge in [0.2, 0.25) is 0 Å². The van der Waals surface area contributed by atoms with Crippen molar-refractivity contribution in [3.05, 3.63) is 154 Å². The van der Waals surface area contributed by atoms with Gasteiger partial charge in [0, 0.05) is 29.8 Å². The molecule has 0 spiro atoms. The highest BCUT2D eigenvalue weighted by Gasteiger charge is 2.48. The number of alkyl halides is 2. The van der Waals surface area contributed by atoms with E-state index in [1.54, 1.807) is 14.0 Å². The lowest BCUT2D eigenvalue weighted by molar-refractivity contribution is 0.101. The molecule has 40 heavy (non-hydrogen) atoms. The zero-order valence-electron chi connectivity index (χ0n) is 22.3. The van der Waals surface area contributed by atoms with Gasteiger partial charge in [-0.3, -0.25) is 9.48 Å². The zero-order chi connectivity index (χ0) is 27.9. The third kappa shape index (κ3) is 4.11. The number of amides is 1. The van der Waals surface area contributed by atoms with Crippen LogP contribution in [0.1, 0.15) is 68.3 Å². The lowest BCUT2D eigenvalue weighted by Crippen LogP contribution is -2.26. The standard InChI is InChI=1S/C34H29F2N3O/c1-22-29(31(32(35)36)38-39(22)2)33(40)37-28-20-12-19-27-30(28)26(23-13-6-3-7-14-23)21-34(27,24-15-8-4-9-16-24)25-17-10-5-11-18-25/h3-20,26,32H,21H2,1-2H3,(H,37,40). The van der Waals surface area contributed by atoms with Crippen LogP contribution in [0.25, 0.3) is 0 Å². The summed E-state index contributed by atoms with van der Waals surface area (Å²) in [5, 5.41) is 6.94. The summed E-state index contributed by atoms with van der Waals surface area (Å²) in [6.45, 7) is 1.63. The van der Waals surface area contributed by atoms with Crippen molar-refractivity contribution in [3.8, 4) is 0 Å². The van der Waals surface area contributed by atoms with Crippen LogP contribution in [0.4, 0.5) is 14.5 Å². The summed E-state index contributed by atoms with van der Waals surface area (Å²) >= 11 is 0. The van der Waals surface area contributed by atoms with E-state index in [1.165, 1.54) is 4.68 Å². The van der Waals surface area contributed by atoms with Crippen molar-refractivity contribution >= 4 is 11.6 Å². The number of carbonyl (C=O) groups excluding carboxylic acids is 1. The van der Waals surface area contributed by atoms with E-state index in [-0.39, 0.29) is 11.5 Å². The number of nitrogens with one attached hydrogen (secondary N) is 1. The van der Waals surface area contributed by atoms with E-state index in [0.29, 0.717) is 11.4 Å². The van der Waals surface area contributed by atoms with E-state index in [0.717, 1.165) is 34.2 Å². The maximum Gasteiger partial charge on any atom is 0.282 e. The fourth-order valence-corrected chi connectivity index (χ4v) is 6.32. The smallest absolute Gasteiger partial charge is 0.282 e. The maximum absolute atomic E-state index is 13.8. The summed E-state index contributed by atoms with van der Waals surface area (Å²) in [4.78, 5) is 13.6. The van der Waals surface area contributed by atoms with Crippen molar-refractivity contribution in [2.75, 3.05) is 5.32 Å². The average molecular weight is 534 g/mol. The van der Waals surface area contributed by atoms with E-state index in [1.807, 2.05) is 42.5 Å². The molecule has 5 aromatic rings. The summed E-state index contributed by atoms with van der Waals surface area (Å²) in [6, 6.07) is 37.1. The quantitative estimate of drug-likeness (QED) is 0.242. The first-order valence-corrected chi connectivity index (χ1v) is 13.3. The molecule has 200 valence electrons. The Kier molecular flexibility index (Phi) is 6.54. The fraction of sp³-hybridized carbons (Fsp3) is 0.176. The minimum atomic E-state index is -2.86. The third-order valence-corrected chi connectivity index (χ3v) is 8.20. The third-order valence-electron chi connectivity index (χ3n) is 8.20. The molecule has 4 aromatic carbocycles. The molecule has 1 amide bonds. The van der Waals surface area contributed by atoms with Crippen LogP contribution in [-0.2, 0) is 12.5 Å². The number of nitrogens with zero attached hydrogens (tertiary/aromatic N) is 2. The number of rotatable bonds is 6. The molecule has 0 bridgehead atoms. The summed E-state index contributed by atoms with van der Waals surface area (Å²) < 4.78 is 29.0. The second kappa shape index (κ2) is 10.2. The number of hydrogen-bond acceptors (Lipinski definition) is 2. The summed E-state index contributed by atoms with van der Waals surface area (Å²) in [6.07, 6.45) is -2.11. The normalized spacial score (nSPS) is 15.7. The Labute approximate surface area is 232 Å². The Morgan fingerprint density at radius 2 is 1.45 bits per heavy atom. The van der Waals surface area contributed by atoms with Gasteiger partial charge in [0.15, 0.2) is 0 Å². The minimum Gasteiger partial charge on any atom is -0.322 e. The number of fused-ring (bicyclic) bond motifs is 1. The predicted octanol–water partition coefficient (Wildman–Crippen LogP) is 7.79. The molecule has 1 aromatic heterocycles. The van der Waals surface area contributed by atoms with Crippen LogP contribution in [0.3, 0.4) is 0 Å². The van der Waals surface area contributed by atoms with E-state index >= 15 is 0 Å². The SMILES string of the molecule is Cc1c(C(=O)Nc2cccc3c2C(c2ccccc2)CC3(c2ccccc2)c2ccccc2)c(C(F)F)nn1C. The van der Waals surface area contributed by atoms with Gasteiger partial charge >= 0.3 is 0 Å². The van der Waals surface area contributed by atoms with Gasteiger partial charge in [-0.1, -0.05) is 103 Å². The van der Waals surface area contributed by atoms with Crippen LogP contribution in [-0.4, -0.2) is 15.7 Å². The van der Waals surface area contributed by atoms with Crippen LogP contribution >= 0.6 is 0 Å². The van der Waals surface area contributed by atoms with Crippen LogP contribution < -0.4 is 5.32 Å². The molecule has 1 atom stereocenters. The topological polar surface area (TPSA) is 46.9 Å². The molecule has 0 saturated carbocycles. The van der Waals surface area contributed by atoms with E-state index in [4.69, 9.17) is 0 Å². The zero-order valence-corrected chi connectivity index (χ0v) is 22.3. The van der Waals surface area contributed by atoms with Crippen molar-refractivity contribution in [2.24, 2.45) is 7.05 Å². The maximum atomic E-state index is 13.8. The van der Waals surface area contributed by atoms with E-state index < -0.39 is 23.4 Å². The molecule has 1 aliphatic rings. The average Bonchev–Trinajstić information content (AvgIpc) is 3.50. The number of benzene rings is 4. The molecule has 6 rings (SSSR count). The Hall–Kier alpha value is -4.58. The van der Waals surface area contributed by atoms with E-state index in [9.17, 15) is 13.6 Å². The molecule has 4 nitrogen and oxygen atoms in total. The van der Waals surface area contributed by atoms with Gasteiger partial charge in [0.05, 0.1) is 5.56 Å². The molecular weight excluding hydrogens is 504 g/mol. The monoisotopic (exact) mass is 533 g/mol. The number of halogens is 2. The molecular formula is C34H29F2N3O. The first-order valence-electron chi connectivity index (χ1n) is 13.3. The second-order valence-electron chi connectivity index (χ2n) is 10.3. The number of anilines is 1. The van der Waals surface area contributed by atoms with Gasteiger partial charge < -0.3 is 5.32 Å².